The van der Waals surface area contributed by atoms with Gasteiger partial charge in [-0.15, -0.1) is 0 Å². The first-order chi connectivity index (χ1) is 5.70. The summed E-state index contributed by atoms with van der Waals surface area (Å²) < 4.78 is 5.44. The van der Waals surface area contributed by atoms with Crippen LogP contribution in [0.3, 0.4) is 0 Å². The lowest BCUT2D eigenvalue weighted by Crippen LogP contribution is -2.04. The highest BCUT2D eigenvalue weighted by Gasteiger charge is 2.00. The summed E-state index contributed by atoms with van der Waals surface area (Å²) in [6.45, 7) is 4.89. The van der Waals surface area contributed by atoms with E-state index in [-0.39, 0.29) is 0 Å². The van der Waals surface area contributed by atoms with Gasteiger partial charge in [0.25, 0.3) is 0 Å². The van der Waals surface area contributed by atoms with Crippen LogP contribution in [0.25, 0.3) is 0 Å². The molecular weight excluding hydrogens is 172 g/mol. The van der Waals surface area contributed by atoms with Crippen molar-refractivity contribution >= 4 is 11.6 Å². The molecule has 1 aromatic carbocycles. The lowest BCUT2D eigenvalue weighted by Gasteiger charge is -2.09. The molecule has 0 aliphatic carbocycles. The molecule has 1 nitrogen and oxygen atoms in total. The minimum Gasteiger partial charge on any atom is -0.492 e. The number of benzene rings is 1. The summed E-state index contributed by atoms with van der Waals surface area (Å²) in [5, 5.41) is 0.648. The molecule has 1 radical (unpaired) electrons. The zero-order valence-corrected chi connectivity index (χ0v) is 8.06. The van der Waals surface area contributed by atoms with Crippen LogP contribution in [0.5, 0.6) is 5.75 Å². The molecule has 0 unspecified atom stereocenters. The third-order valence-corrected chi connectivity index (χ3v) is 1.66. The summed E-state index contributed by atoms with van der Waals surface area (Å²) in [6.07, 6.45) is 0. The van der Waals surface area contributed by atoms with Crippen molar-refractivity contribution in [3.63, 3.8) is 0 Å². The zero-order chi connectivity index (χ0) is 8.97. The Labute approximate surface area is 78.3 Å². The van der Waals surface area contributed by atoms with Crippen LogP contribution in [-0.4, -0.2) is 6.61 Å². The van der Waals surface area contributed by atoms with Gasteiger partial charge in [-0.2, -0.15) is 0 Å². The topological polar surface area (TPSA) is 9.23 Å². The van der Waals surface area contributed by atoms with Gasteiger partial charge in [0.15, 0.2) is 0 Å². The monoisotopic (exact) mass is 183 g/mol. The molecule has 2 heteroatoms. The number of halogens is 1. The first kappa shape index (κ1) is 9.40. The second kappa shape index (κ2) is 4.36. The molecule has 0 atom stereocenters. The lowest BCUT2D eigenvalue weighted by molar-refractivity contribution is 0.271. The Kier molecular flexibility index (Phi) is 3.42. The van der Waals surface area contributed by atoms with Gasteiger partial charge < -0.3 is 4.74 Å². The van der Waals surface area contributed by atoms with Gasteiger partial charge in [-0.3, -0.25) is 0 Å². The van der Waals surface area contributed by atoms with E-state index in [2.05, 4.69) is 19.9 Å². The molecular formula is C10H12ClO. The Bertz CT molecular complexity index is 245. The third kappa shape index (κ3) is 2.74. The SMILES string of the molecule is CC(C)COc1c[c]ccc1Cl. The largest absolute Gasteiger partial charge is 0.492 e. The summed E-state index contributed by atoms with van der Waals surface area (Å²) in [5.41, 5.74) is 0. The van der Waals surface area contributed by atoms with E-state index in [1.54, 1.807) is 18.2 Å². The van der Waals surface area contributed by atoms with Gasteiger partial charge in [0.2, 0.25) is 0 Å². The lowest BCUT2D eigenvalue weighted by atomic mass is 10.2. The van der Waals surface area contributed by atoms with Crippen molar-refractivity contribution in [3.05, 3.63) is 29.3 Å². The molecule has 0 heterocycles. The van der Waals surface area contributed by atoms with Crippen molar-refractivity contribution in [3.8, 4) is 5.75 Å². The molecule has 0 amide bonds. The van der Waals surface area contributed by atoms with E-state index >= 15 is 0 Å². The van der Waals surface area contributed by atoms with Crippen LogP contribution >= 0.6 is 11.6 Å². The van der Waals surface area contributed by atoms with Crippen molar-refractivity contribution in [1.82, 2.24) is 0 Å². The van der Waals surface area contributed by atoms with E-state index in [0.29, 0.717) is 23.3 Å². The Morgan fingerprint density at radius 1 is 1.58 bits per heavy atom. The molecule has 0 N–H and O–H groups in total. The molecule has 12 heavy (non-hydrogen) atoms. The first-order valence-corrected chi connectivity index (χ1v) is 4.36. The number of ether oxygens (including phenoxy) is 1. The highest BCUT2D eigenvalue weighted by atomic mass is 35.5. The molecule has 0 saturated carbocycles. The van der Waals surface area contributed by atoms with Crippen molar-refractivity contribution in [2.24, 2.45) is 5.92 Å². The normalized spacial score (nSPS) is 10.3. The average molecular weight is 184 g/mol. The zero-order valence-electron chi connectivity index (χ0n) is 7.30. The minimum atomic E-state index is 0.515. The van der Waals surface area contributed by atoms with Crippen LogP contribution < -0.4 is 4.74 Å². The van der Waals surface area contributed by atoms with Crippen LogP contribution in [0.1, 0.15) is 13.8 Å². The predicted octanol–water partition coefficient (Wildman–Crippen LogP) is 3.17. The van der Waals surface area contributed by atoms with E-state index in [9.17, 15) is 0 Å². The Hall–Kier alpha value is -0.690. The fourth-order valence-corrected chi connectivity index (χ4v) is 0.935. The number of rotatable bonds is 3. The number of hydrogen-bond donors (Lipinski definition) is 0. The summed E-state index contributed by atoms with van der Waals surface area (Å²) in [7, 11) is 0. The standard InChI is InChI=1S/C10H12ClO/c1-8(2)7-12-10-6-4-3-5-9(10)11/h3,5-6,8H,7H2,1-2H3. The molecule has 0 aliphatic heterocycles. The van der Waals surface area contributed by atoms with Gasteiger partial charge in [0.1, 0.15) is 5.75 Å². The maximum Gasteiger partial charge on any atom is 0.138 e. The van der Waals surface area contributed by atoms with E-state index in [1.807, 2.05) is 0 Å². The fourth-order valence-electron chi connectivity index (χ4n) is 0.763. The minimum absolute atomic E-state index is 0.515. The summed E-state index contributed by atoms with van der Waals surface area (Å²) >= 11 is 5.86. The Balaban J connectivity index is 2.57. The third-order valence-electron chi connectivity index (χ3n) is 1.35. The maximum absolute atomic E-state index is 5.86. The van der Waals surface area contributed by atoms with Crippen LogP contribution in [0, 0.1) is 12.0 Å². The van der Waals surface area contributed by atoms with Gasteiger partial charge in [0.05, 0.1) is 11.6 Å². The van der Waals surface area contributed by atoms with Crippen LogP contribution in [0.2, 0.25) is 5.02 Å². The average Bonchev–Trinajstić information content (AvgIpc) is 2.03. The number of hydrogen-bond acceptors (Lipinski definition) is 1. The molecule has 0 bridgehead atoms. The summed E-state index contributed by atoms with van der Waals surface area (Å²) in [4.78, 5) is 0. The van der Waals surface area contributed by atoms with E-state index in [4.69, 9.17) is 16.3 Å². The van der Waals surface area contributed by atoms with Gasteiger partial charge >= 0.3 is 0 Å². The molecule has 0 aromatic heterocycles. The molecule has 0 aliphatic rings. The quantitative estimate of drug-likeness (QED) is 0.700. The first-order valence-electron chi connectivity index (χ1n) is 3.98. The van der Waals surface area contributed by atoms with Gasteiger partial charge in [0, 0.05) is 0 Å². The second-order valence-electron chi connectivity index (χ2n) is 3.06. The van der Waals surface area contributed by atoms with E-state index in [1.165, 1.54) is 0 Å². The summed E-state index contributed by atoms with van der Waals surface area (Å²) in [6, 6.07) is 8.21. The molecule has 0 spiro atoms. The molecule has 0 fully saturated rings. The predicted molar refractivity (Wildman–Crippen MR) is 50.6 cm³/mol. The van der Waals surface area contributed by atoms with E-state index in [0.717, 1.165) is 0 Å². The maximum atomic E-state index is 5.86. The van der Waals surface area contributed by atoms with Crippen LogP contribution in [-0.2, 0) is 0 Å². The van der Waals surface area contributed by atoms with Crippen LogP contribution in [0.4, 0.5) is 0 Å². The molecule has 0 saturated heterocycles. The molecule has 1 rings (SSSR count). The second-order valence-corrected chi connectivity index (χ2v) is 3.47. The Morgan fingerprint density at radius 3 is 2.92 bits per heavy atom. The van der Waals surface area contributed by atoms with Crippen molar-refractivity contribution in [2.75, 3.05) is 6.61 Å². The van der Waals surface area contributed by atoms with Crippen molar-refractivity contribution in [1.29, 1.82) is 0 Å². The smallest absolute Gasteiger partial charge is 0.138 e. The van der Waals surface area contributed by atoms with Crippen molar-refractivity contribution in [2.45, 2.75) is 13.8 Å². The van der Waals surface area contributed by atoms with Gasteiger partial charge in [-0.25, -0.2) is 0 Å². The molecule has 65 valence electrons. The van der Waals surface area contributed by atoms with Crippen LogP contribution in [0.15, 0.2) is 18.2 Å². The fraction of sp³-hybridized carbons (Fsp3) is 0.400. The summed E-state index contributed by atoms with van der Waals surface area (Å²) in [5.74, 6) is 1.23. The highest BCUT2D eigenvalue weighted by Crippen LogP contribution is 2.23. The highest BCUT2D eigenvalue weighted by molar-refractivity contribution is 6.32. The van der Waals surface area contributed by atoms with Gasteiger partial charge in [-0.05, 0) is 24.1 Å². The van der Waals surface area contributed by atoms with Gasteiger partial charge in [-0.1, -0.05) is 31.5 Å². The van der Waals surface area contributed by atoms with Crippen molar-refractivity contribution < 1.29 is 4.74 Å². The van der Waals surface area contributed by atoms with E-state index < -0.39 is 0 Å². The Morgan fingerprint density at radius 2 is 2.33 bits per heavy atom. The molecule has 1 aromatic rings.